The topological polar surface area (TPSA) is 49.3 Å². The van der Waals surface area contributed by atoms with E-state index in [1.54, 1.807) is 36.4 Å². The van der Waals surface area contributed by atoms with Crippen LogP contribution in [-0.4, -0.2) is 58.9 Å². The van der Waals surface area contributed by atoms with Crippen molar-refractivity contribution in [2.24, 2.45) is 0 Å². The van der Waals surface area contributed by atoms with Gasteiger partial charge < -0.3 is 9.80 Å². The van der Waals surface area contributed by atoms with E-state index < -0.39 is 0 Å². The minimum Gasteiger partial charge on any atom is -0.336 e. The van der Waals surface area contributed by atoms with E-state index in [2.05, 4.69) is 11.9 Å². The second-order valence-corrected chi connectivity index (χ2v) is 8.67. The maximum atomic E-state index is 13.5. The number of benzene rings is 3. The summed E-state index contributed by atoms with van der Waals surface area (Å²) in [6, 6.07) is 19.0. The smallest absolute Gasteiger partial charge is 0.254 e. The molecule has 33 heavy (non-hydrogen) atoms. The van der Waals surface area contributed by atoms with Crippen LogP contribution in [0.4, 0.5) is 4.39 Å². The number of amides is 1. The summed E-state index contributed by atoms with van der Waals surface area (Å²) in [7, 11) is 2.06. The van der Waals surface area contributed by atoms with Crippen LogP contribution < -0.4 is 0 Å². The first-order valence-electron chi connectivity index (χ1n) is 10.8. The molecule has 1 aliphatic rings. The van der Waals surface area contributed by atoms with Gasteiger partial charge in [0.25, 0.3) is 5.91 Å². The van der Waals surface area contributed by atoms with Gasteiger partial charge in [-0.15, -0.1) is 0 Å². The second-order valence-electron chi connectivity index (χ2n) is 8.23. The molecule has 0 aliphatic carbocycles. The maximum absolute atomic E-state index is 13.5. The lowest BCUT2D eigenvalue weighted by atomic mass is 10.0. The van der Waals surface area contributed by atoms with Crippen molar-refractivity contribution < 1.29 is 9.18 Å². The molecule has 166 valence electrons. The molecule has 1 fully saturated rings. The van der Waals surface area contributed by atoms with Crippen LogP contribution in [0.3, 0.4) is 0 Å². The number of aromatic nitrogens is 2. The zero-order chi connectivity index (χ0) is 22.9. The normalized spacial score (nSPS) is 14.6. The molecule has 0 saturated carbocycles. The Labute approximate surface area is 196 Å². The van der Waals surface area contributed by atoms with E-state index in [9.17, 15) is 9.18 Å². The van der Waals surface area contributed by atoms with E-state index in [0.29, 0.717) is 46.1 Å². The Bertz CT molecular complexity index is 1320. The highest BCUT2D eigenvalue weighted by Gasteiger charge is 2.21. The van der Waals surface area contributed by atoms with Gasteiger partial charge >= 0.3 is 0 Å². The Balaban J connectivity index is 1.60. The molecule has 1 aliphatic heterocycles. The summed E-state index contributed by atoms with van der Waals surface area (Å²) in [4.78, 5) is 26.9. The molecular formula is C26H22ClFN4O. The van der Waals surface area contributed by atoms with Crippen LogP contribution in [0.5, 0.6) is 0 Å². The lowest BCUT2D eigenvalue weighted by Gasteiger charge is -2.32. The average Bonchev–Trinajstić information content (AvgIpc) is 2.84. The molecule has 0 bridgehead atoms. The molecule has 5 rings (SSSR count). The summed E-state index contributed by atoms with van der Waals surface area (Å²) < 4.78 is 13.5. The molecule has 0 radical (unpaired) electrons. The summed E-state index contributed by atoms with van der Waals surface area (Å²) in [5, 5.41) is 0.621. The number of carbonyl (C=O) groups excluding carboxylic acids is 1. The second kappa shape index (κ2) is 8.89. The highest BCUT2D eigenvalue weighted by molar-refractivity contribution is 6.30. The number of halogens is 2. The predicted molar refractivity (Wildman–Crippen MR) is 129 cm³/mol. The van der Waals surface area contributed by atoms with Gasteiger partial charge in [0.2, 0.25) is 0 Å². The molecule has 1 amide bonds. The van der Waals surface area contributed by atoms with E-state index >= 15 is 0 Å². The number of rotatable bonds is 3. The SMILES string of the molecule is CN1CCN(C(=O)c2ccc3nc(-c4ccc(F)cc4)c(-c4ccc(Cl)cc4)nc3c2)CC1. The molecule has 1 saturated heterocycles. The summed E-state index contributed by atoms with van der Waals surface area (Å²) in [5.41, 5.74) is 4.78. The standard InChI is InChI=1S/C26H22ClFN4O/c1-31-12-14-32(15-13-31)26(33)19-6-11-22-23(16-19)30-25(17-2-7-20(27)8-3-17)24(29-22)18-4-9-21(28)10-5-18/h2-11,16H,12-15H2,1H3. The first-order chi connectivity index (χ1) is 16.0. The fraction of sp³-hybridized carbons (Fsp3) is 0.192. The van der Waals surface area contributed by atoms with Gasteiger partial charge in [-0.05, 0) is 61.6 Å². The van der Waals surface area contributed by atoms with Crippen molar-refractivity contribution >= 4 is 28.5 Å². The fourth-order valence-electron chi connectivity index (χ4n) is 4.00. The van der Waals surface area contributed by atoms with Crippen LogP contribution in [0.15, 0.2) is 66.7 Å². The molecule has 3 aromatic carbocycles. The van der Waals surface area contributed by atoms with Crippen LogP contribution in [0.2, 0.25) is 5.02 Å². The van der Waals surface area contributed by atoms with Crippen molar-refractivity contribution in [1.29, 1.82) is 0 Å². The number of carbonyl (C=O) groups is 1. The predicted octanol–water partition coefficient (Wildman–Crippen LogP) is 5.14. The number of fused-ring (bicyclic) bond motifs is 1. The van der Waals surface area contributed by atoms with Gasteiger partial charge in [0.15, 0.2) is 0 Å². The summed E-state index contributed by atoms with van der Waals surface area (Å²) in [6.45, 7) is 3.14. The van der Waals surface area contributed by atoms with E-state index in [1.165, 1.54) is 12.1 Å². The number of piperazine rings is 1. The summed E-state index contributed by atoms with van der Waals surface area (Å²) in [6.07, 6.45) is 0. The van der Waals surface area contributed by atoms with Crippen molar-refractivity contribution in [1.82, 2.24) is 19.8 Å². The third-order valence-corrected chi connectivity index (χ3v) is 6.19. The third-order valence-electron chi connectivity index (χ3n) is 5.94. The maximum Gasteiger partial charge on any atom is 0.254 e. The number of nitrogens with zero attached hydrogens (tertiary/aromatic N) is 4. The molecule has 0 spiro atoms. The lowest BCUT2D eigenvalue weighted by molar-refractivity contribution is 0.0664. The molecular weight excluding hydrogens is 439 g/mol. The Morgan fingerprint density at radius 3 is 2.03 bits per heavy atom. The van der Waals surface area contributed by atoms with Crippen molar-refractivity contribution in [3.05, 3.63) is 83.1 Å². The van der Waals surface area contributed by atoms with Crippen molar-refractivity contribution in [2.75, 3.05) is 33.2 Å². The zero-order valence-electron chi connectivity index (χ0n) is 18.1. The van der Waals surface area contributed by atoms with E-state index in [0.717, 1.165) is 24.2 Å². The third kappa shape index (κ3) is 4.45. The lowest BCUT2D eigenvalue weighted by Crippen LogP contribution is -2.47. The van der Waals surface area contributed by atoms with Crippen LogP contribution in [0, 0.1) is 5.82 Å². The molecule has 2 heterocycles. The molecule has 0 unspecified atom stereocenters. The molecule has 1 aromatic heterocycles. The first-order valence-corrected chi connectivity index (χ1v) is 11.2. The first kappa shape index (κ1) is 21.5. The number of hydrogen-bond acceptors (Lipinski definition) is 4. The van der Waals surface area contributed by atoms with Gasteiger partial charge in [0.05, 0.1) is 22.4 Å². The fourth-order valence-corrected chi connectivity index (χ4v) is 4.12. The molecule has 0 atom stereocenters. The van der Waals surface area contributed by atoms with Gasteiger partial charge in [-0.25, -0.2) is 14.4 Å². The molecule has 4 aromatic rings. The van der Waals surface area contributed by atoms with Crippen LogP contribution in [0.1, 0.15) is 10.4 Å². The van der Waals surface area contributed by atoms with Crippen LogP contribution in [-0.2, 0) is 0 Å². The molecule has 5 nitrogen and oxygen atoms in total. The number of hydrogen-bond donors (Lipinski definition) is 0. The largest absolute Gasteiger partial charge is 0.336 e. The number of likely N-dealkylation sites (N-methyl/N-ethyl adjacent to an activating group) is 1. The zero-order valence-corrected chi connectivity index (χ0v) is 18.9. The van der Waals surface area contributed by atoms with Gasteiger partial charge in [-0.2, -0.15) is 0 Å². The van der Waals surface area contributed by atoms with Crippen molar-refractivity contribution in [3.8, 4) is 22.5 Å². The monoisotopic (exact) mass is 460 g/mol. The van der Waals surface area contributed by atoms with Crippen molar-refractivity contribution in [2.45, 2.75) is 0 Å². The minimum absolute atomic E-state index is 0.00227. The highest BCUT2D eigenvalue weighted by atomic mass is 35.5. The quantitative estimate of drug-likeness (QED) is 0.424. The van der Waals surface area contributed by atoms with Crippen molar-refractivity contribution in [3.63, 3.8) is 0 Å². The Kier molecular flexibility index (Phi) is 5.79. The van der Waals surface area contributed by atoms with Crippen LogP contribution in [0.25, 0.3) is 33.5 Å². The Morgan fingerprint density at radius 1 is 0.818 bits per heavy atom. The minimum atomic E-state index is -0.312. The Hall–Kier alpha value is -3.35. The van der Waals surface area contributed by atoms with Gasteiger partial charge in [0.1, 0.15) is 5.82 Å². The van der Waals surface area contributed by atoms with E-state index in [-0.39, 0.29) is 11.7 Å². The summed E-state index contributed by atoms with van der Waals surface area (Å²) in [5.74, 6) is -0.310. The van der Waals surface area contributed by atoms with Gasteiger partial charge in [-0.1, -0.05) is 23.7 Å². The van der Waals surface area contributed by atoms with E-state index in [4.69, 9.17) is 21.6 Å². The molecule has 0 N–H and O–H groups in total. The van der Waals surface area contributed by atoms with E-state index in [1.807, 2.05) is 23.1 Å². The Morgan fingerprint density at radius 2 is 1.39 bits per heavy atom. The van der Waals surface area contributed by atoms with Crippen LogP contribution >= 0.6 is 11.6 Å². The summed E-state index contributed by atoms with van der Waals surface area (Å²) >= 11 is 6.08. The average molecular weight is 461 g/mol. The van der Waals surface area contributed by atoms with Gasteiger partial charge in [0, 0.05) is 47.9 Å². The van der Waals surface area contributed by atoms with Gasteiger partial charge in [-0.3, -0.25) is 4.79 Å². The highest BCUT2D eigenvalue weighted by Crippen LogP contribution is 2.32. The molecule has 7 heteroatoms.